The third-order valence-electron chi connectivity index (χ3n) is 2.62. The highest BCUT2D eigenvalue weighted by Crippen LogP contribution is 2.17. The van der Waals surface area contributed by atoms with E-state index in [4.69, 9.17) is 4.74 Å². The zero-order valence-corrected chi connectivity index (χ0v) is 10.6. The number of esters is 1. The van der Waals surface area contributed by atoms with Gasteiger partial charge in [-0.1, -0.05) is 0 Å². The molecule has 6 nitrogen and oxygen atoms in total. The molecule has 1 rings (SSSR count). The maximum absolute atomic E-state index is 11.6. The van der Waals surface area contributed by atoms with E-state index in [-0.39, 0.29) is 19.2 Å². The number of nitrogens with zero attached hydrogens (tertiary/aromatic N) is 1. The van der Waals surface area contributed by atoms with Gasteiger partial charge in [0.2, 0.25) is 11.8 Å². The molecule has 0 aromatic heterocycles. The summed E-state index contributed by atoms with van der Waals surface area (Å²) < 4.78 is 4.99. The largest absolute Gasteiger partial charge is 0.462 e. The molecule has 96 valence electrons. The lowest BCUT2D eigenvalue weighted by atomic mass is 9.99. The molecule has 0 unspecified atom stereocenters. The molecule has 2 amide bonds. The third-order valence-corrected chi connectivity index (χ3v) is 2.62. The van der Waals surface area contributed by atoms with Crippen molar-refractivity contribution < 1.29 is 19.1 Å². The first-order valence-electron chi connectivity index (χ1n) is 5.52. The molecular formula is C11H18N2O4. The lowest BCUT2D eigenvalue weighted by Crippen LogP contribution is -2.64. The average Bonchev–Trinajstić information content (AvgIpc) is 2.12. The smallest absolute Gasteiger partial charge is 0.320 e. The van der Waals surface area contributed by atoms with Gasteiger partial charge in [-0.3, -0.25) is 24.6 Å². The predicted octanol–water partition coefficient (Wildman–Crippen LogP) is -0.325. The number of carbonyl (C=O) groups is 3. The minimum Gasteiger partial charge on any atom is -0.462 e. The summed E-state index contributed by atoms with van der Waals surface area (Å²) in [5.41, 5.74) is -0.885. The van der Waals surface area contributed by atoms with Gasteiger partial charge in [-0.2, -0.15) is 0 Å². The first-order valence-corrected chi connectivity index (χ1v) is 5.52. The van der Waals surface area contributed by atoms with Crippen molar-refractivity contribution in [1.29, 1.82) is 0 Å². The van der Waals surface area contributed by atoms with Crippen molar-refractivity contribution in [3.8, 4) is 0 Å². The Morgan fingerprint density at radius 3 is 2.59 bits per heavy atom. The summed E-state index contributed by atoms with van der Waals surface area (Å²) >= 11 is 0. The van der Waals surface area contributed by atoms with Gasteiger partial charge in [0.1, 0.15) is 0 Å². The molecule has 0 saturated carbocycles. The molecule has 0 atom stereocenters. The Morgan fingerprint density at radius 1 is 1.47 bits per heavy atom. The molecule has 17 heavy (non-hydrogen) atoms. The lowest BCUT2D eigenvalue weighted by molar-refractivity contribution is -0.154. The minimum atomic E-state index is -0.885. The quantitative estimate of drug-likeness (QED) is 0.542. The Hall–Kier alpha value is -1.43. The van der Waals surface area contributed by atoms with E-state index >= 15 is 0 Å². The zero-order chi connectivity index (χ0) is 13.2. The normalized spacial score (nSPS) is 20.3. The molecular weight excluding hydrogens is 224 g/mol. The number of hydrogen-bond donors (Lipinski definition) is 1. The van der Waals surface area contributed by atoms with Crippen molar-refractivity contribution in [1.82, 2.24) is 10.2 Å². The number of imide groups is 1. The summed E-state index contributed by atoms with van der Waals surface area (Å²) in [6, 6.07) is 0. The molecule has 0 aliphatic carbocycles. The van der Waals surface area contributed by atoms with Crippen LogP contribution in [0.2, 0.25) is 0 Å². The first kappa shape index (κ1) is 13.6. The number of amides is 2. The minimum absolute atomic E-state index is 0.0198. The number of ether oxygens (including phenoxy) is 1. The molecule has 0 aromatic rings. The summed E-state index contributed by atoms with van der Waals surface area (Å²) in [6.45, 7) is 6.78. The number of nitrogens with one attached hydrogen (secondary N) is 1. The molecule has 0 spiro atoms. The van der Waals surface area contributed by atoms with Crippen LogP contribution in [0.1, 0.15) is 27.7 Å². The topological polar surface area (TPSA) is 75.7 Å². The van der Waals surface area contributed by atoms with Gasteiger partial charge in [0.15, 0.2) is 0 Å². The third kappa shape index (κ3) is 3.26. The van der Waals surface area contributed by atoms with Crippen molar-refractivity contribution in [3.63, 3.8) is 0 Å². The summed E-state index contributed by atoms with van der Waals surface area (Å²) in [6.07, 6.45) is -0.208. The van der Waals surface area contributed by atoms with Crippen molar-refractivity contribution in [2.75, 3.05) is 13.1 Å². The van der Waals surface area contributed by atoms with Crippen LogP contribution in [0.3, 0.4) is 0 Å². The van der Waals surface area contributed by atoms with Crippen LogP contribution < -0.4 is 5.32 Å². The van der Waals surface area contributed by atoms with E-state index in [0.717, 1.165) is 0 Å². The van der Waals surface area contributed by atoms with Gasteiger partial charge in [-0.05, 0) is 27.7 Å². The van der Waals surface area contributed by atoms with Crippen LogP contribution >= 0.6 is 0 Å². The van der Waals surface area contributed by atoms with Gasteiger partial charge in [0.05, 0.1) is 24.7 Å². The molecule has 1 aliphatic rings. The van der Waals surface area contributed by atoms with Gasteiger partial charge in [-0.15, -0.1) is 0 Å². The molecule has 0 aromatic carbocycles. The van der Waals surface area contributed by atoms with Gasteiger partial charge in [-0.25, -0.2) is 0 Å². The SMILES string of the molecule is CC(C)OC(=O)CN1CC(=O)NC(=O)C1(C)C. The summed E-state index contributed by atoms with van der Waals surface area (Å²) in [4.78, 5) is 35.9. The molecule has 0 bridgehead atoms. The van der Waals surface area contributed by atoms with Crippen LogP contribution in [0.4, 0.5) is 0 Å². The molecule has 1 N–H and O–H groups in total. The number of carbonyl (C=O) groups excluding carboxylic acids is 3. The standard InChI is InChI=1S/C11H18N2O4/c1-7(2)17-9(15)6-13-5-8(14)12-10(16)11(13,3)4/h7H,5-6H2,1-4H3,(H,12,14,16). The number of hydrogen-bond acceptors (Lipinski definition) is 5. The van der Waals surface area contributed by atoms with E-state index in [1.54, 1.807) is 27.7 Å². The van der Waals surface area contributed by atoms with E-state index < -0.39 is 23.3 Å². The summed E-state index contributed by atoms with van der Waals surface area (Å²) in [7, 11) is 0. The number of piperazine rings is 1. The second-order valence-corrected chi connectivity index (χ2v) is 4.83. The molecule has 0 radical (unpaired) electrons. The van der Waals surface area contributed by atoms with E-state index in [1.165, 1.54) is 4.90 Å². The van der Waals surface area contributed by atoms with Crippen LogP contribution in [0.5, 0.6) is 0 Å². The predicted molar refractivity (Wildman–Crippen MR) is 60.0 cm³/mol. The Labute approximate surface area is 100 Å². The van der Waals surface area contributed by atoms with Crippen molar-refractivity contribution in [3.05, 3.63) is 0 Å². The highest BCUT2D eigenvalue weighted by atomic mass is 16.5. The van der Waals surface area contributed by atoms with Crippen LogP contribution in [-0.4, -0.2) is 47.4 Å². The van der Waals surface area contributed by atoms with E-state index in [1.807, 2.05) is 0 Å². The van der Waals surface area contributed by atoms with Crippen LogP contribution in [-0.2, 0) is 19.1 Å². The van der Waals surface area contributed by atoms with Crippen LogP contribution in [0.25, 0.3) is 0 Å². The van der Waals surface area contributed by atoms with Crippen LogP contribution in [0, 0.1) is 0 Å². The second kappa shape index (κ2) is 4.83. The maximum atomic E-state index is 11.6. The van der Waals surface area contributed by atoms with Gasteiger partial charge in [0, 0.05) is 0 Å². The fourth-order valence-corrected chi connectivity index (χ4v) is 1.54. The fourth-order valence-electron chi connectivity index (χ4n) is 1.54. The molecule has 6 heteroatoms. The summed E-state index contributed by atoms with van der Waals surface area (Å²) in [5.74, 6) is -1.23. The molecule has 1 saturated heterocycles. The molecule has 1 fully saturated rings. The summed E-state index contributed by atoms with van der Waals surface area (Å²) in [5, 5.41) is 2.24. The Balaban J connectivity index is 2.70. The fraction of sp³-hybridized carbons (Fsp3) is 0.727. The number of rotatable bonds is 3. The Morgan fingerprint density at radius 2 is 2.06 bits per heavy atom. The monoisotopic (exact) mass is 242 g/mol. The molecule has 1 heterocycles. The van der Waals surface area contributed by atoms with Gasteiger partial charge < -0.3 is 4.74 Å². The van der Waals surface area contributed by atoms with Crippen molar-refractivity contribution >= 4 is 17.8 Å². The maximum Gasteiger partial charge on any atom is 0.320 e. The van der Waals surface area contributed by atoms with Crippen molar-refractivity contribution in [2.24, 2.45) is 0 Å². The first-order chi connectivity index (χ1) is 7.73. The Bertz CT molecular complexity index is 349. The van der Waals surface area contributed by atoms with Crippen molar-refractivity contribution in [2.45, 2.75) is 39.3 Å². The van der Waals surface area contributed by atoms with E-state index in [9.17, 15) is 14.4 Å². The van der Waals surface area contributed by atoms with Crippen LogP contribution in [0.15, 0.2) is 0 Å². The lowest BCUT2D eigenvalue weighted by Gasteiger charge is -2.39. The van der Waals surface area contributed by atoms with Gasteiger partial charge in [0.25, 0.3) is 0 Å². The highest BCUT2D eigenvalue weighted by molar-refractivity contribution is 6.03. The zero-order valence-electron chi connectivity index (χ0n) is 10.6. The van der Waals surface area contributed by atoms with Gasteiger partial charge >= 0.3 is 5.97 Å². The highest BCUT2D eigenvalue weighted by Gasteiger charge is 2.41. The second-order valence-electron chi connectivity index (χ2n) is 4.83. The average molecular weight is 242 g/mol. The van der Waals surface area contributed by atoms with E-state index in [2.05, 4.69) is 5.32 Å². The molecule has 1 aliphatic heterocycles. The Kier molecular flexibility index (Phi) is 3.87. The van der Waals surface area contributed by atoms with E-state index in [0.29, 0.717) is 0 Å².